The molecule has 0 saturated heterocycles. The van der Waals surface area contributed by atoms with E-state index in [1.165, 1.54) is 6.42 Å². The van der Waals surface area contributed by atoms with Crippen molar-refractivity contribution in [3.63, 3.8) is 0 Å². The van der Waals surface area contributed by atoms with Gasteiger partial charge in [0, 0.05) is 12.3 Å². The van der Waals surface area contributed by atoms with Gasteiger partial charge in [-0.15, -0.1) is 0 Å². The molecule has 2 N–H and O–H groups in total. The van der Waals surface area contributed by atoms with Crippen LogP contribution in [0, 0.1) is 16.7 Å². The van der Waals surface area contributed by atoms with Crippen LogP contribution in [-0.4, -0.2) is 17.9 Å². The van der Waals surface area contributed by atoms with Crippen LogP contribution < -0.4 is 0 Å². The normalized spacial score (nSPS) is 18.6. The molecule has 78 valence electrons. The average Bonchev–Trinajstić information content (AvgIpc) is 2.13. The van der Waals surface area contributed by atoms with E-state index in [2.05, 4.69) is 0 Å². The van der Waals surface area contributed by atoms with Gasteiger partial charge < -0.3 is 0 Å². The Morgan fingerprint density at radius 3 is 1.86 bits per heavy atom. The van der Waals surface area contributed by atoms with Crippen LogP contribution in [0.4, 0.5) is 0 Å². The molecule has 1 unspecified atom stereocenters. The summed E-state index contributed by atoms with van der Waals surface area (Å²) in [7, 11) is 0. The van der Waals surface area contributed by atoms with Crippen LogP contribution >= 0.6 is 0 Å². The summed E-state index contributed by atoms with van der Waals surface area (Å²) in [6, 6.07) is 0. The summed E-state index contributed by atoms with van der Waals surface area (Å²) in [6.07, 6.45) is 5.84. The fraction of sp³-hybridized carbons (Fsp3) is 0.667. The van der Waals surface area contributed by atoms with Crippen molar-refractivity contribution >= 4 is 17.9 Å². The van der Waals surface area contributed by atoms with Gasteiger partial charge in [0.25, 0.3) is 0 Å². The summed E-state index contributed by atoms with van der Waals surface area (Å²) in [5.41, 5.74) is 0. The Balaban J connectivity index is 0. The number of carbonyl (C=O) groups is 1. The predicted molar refractivity (Wildman–Crippen MR) is 49.5 cm³/mol. The molecular weight excluding hydrogens is 184 g/mol. The topological polar surface area (TPSA) is 98.9 Å². The van der Waals surface area contributed by atoms with Crippen LogP contribution in [0.3, 0.4) is 0 Å². The molecule has 0 radical (unpaired) electrons. The first-order valence-corrected chi connectivity index (χ1v) is 4.24. The highest BCUT2D eigenvalue weighted by Crippen LogP contribution is 2.18. The molecule has 1 aliphatic carbocycles. The Labute approximate surface area is 82.5 Å². The number of ketones is 1. The largest absolute Gasteiger partial charge is 0.299 e. The van der Waals surface area contributed by atoms with E-state index in [0.717, 1.165) is 31.4 Å². The zero-order valence-corrected chi connectivity index (χ0v) is 8.13. The lowest BCUT2D eigenvalue weighted by Gasteiger charge is -2.14. The second kappa shape index (κ2) is 11.4. The van der Waals surface area contributed by atoms with Gasteiger partial charge in [-0.25, -0.2) is 20.4 Å². The van der Waals surface area contributed by atoms with E-state index in [-0.39, 0.29) is 0 Å². The van der Waals surface area contributed by atoms with Gasteiger partial charge in [-0.3, -0.25) is 4.79 Å². The molecule has 0 aliphatic heterocycles. The van der Waals surface area contributed by atoms with Crippen LogP contribution in [0.1, 0.15) is 32.6 Å². The summed E-state index contributed by atoms with van der Waals surface area (Å²) < 4.78 is 0. The zero-order chi connectivity index (χ0) is 11.4. The van der Waals surface area contributed by atoms with Crippen LogP contribution in [0.5, 0.6) is 0 Å². The molecule has 1 fully saturated rings. The maximum absolute atomic E-state index is 10.8. The highest BCUT2D eigenvalue weighted by atomic mass is 16.1. The first-order valence-electron chi connectivity index (χ1n) is 4.24. The summed E-state index contributed by atoms with van der Waals surface area (Å²) in [5, 5.41) is 10.8. The quantitative estimate of drug-likeness (QED) is 0.456. The van der Waals surface area contributed by atoms with Crippen molar-refractivity contribution < 1.29 is 14.4 Å². The van der Waals surface area contributed by atoms with E-state index in [4.69, 9.17) is 20.4 Å². The van der Waals surface area contributed by atoms with Crippen molar-refractivity contribution in [3.05, 3.63) is 0 Å². The van der Waals surface area contributed by atoms with Gasteiger partial charge in [0.05, 0.1) is 0 Å². The second-order valence-electron chi connectivity index (χ2n) is 2.82. The maximum Gasteiger partial charge on any atom is 0.231 e. The molecule has 0 spiro atoms. The highest BCUT2D eigenvalue weighted by Gasteiger charge is 2.16. The third-order valence-electron chi connectivity index (χ3n) is 1.86. The summed E-state index contributed by atoms with van der Waals surface area (Å²) in [4.78, 5) is 27.5. The number of carbonyl (C=O) groups excluding carboxylic acids is 3. The lowest BCUT2D eigenvalue weighted by molar-refractivity contribution is -0.123. The minimum Gasteiger partial charge on any atom is -0.299 e. The van der Waals surface area contributed by atoms with Gasteiger partial charge in [0.2, 0.25) is 12.2 Å². The van der Waals surface area contributed by atoms with Crippen molar-refractivity contribution in [1.82, 2.24) is 0 Å². The molecule has 1 saturated carbocycles. The molecule has 0 bridgehead atoms. The average molecular weight is 198 g/mol. The van der Waals surface area contributed by atoms with Crippen molar-refractivity contribution in [2.75, 3.05) is 0 Å². The number of rotatable bonds is 0. The lowest BCUT2D eigenvalue weighted by atomic mass is 9.90. The Bertz CT molecular complexity index is 214. The van der Waals surface area contributed by atoms with Crippen LogP contribution in [-0.2, 0) is 14.4 Å². The second-order valence-corrected chi connectivity index (χ2v) is 2.82. The molecule has 0 amide bonds. The Morgan fingerprint density at radius 1 is 1.21 bits per heavy atom. The van der Waals surface area contributed by atoms with Crippen LogP contribution in [0.2, 0.25) is 0 Å². The molecule has 5 nitrogen and oxygen atoms in total. The molecule has 0 aromatic rings. The van der Waals surface area contributed by atoms with E-state index in [9.17, 15) is 4.79 Å². The van der Waals surface area contributed by atoms with Gasteiger partial charge in [-0.1, -0.05) is 13.3 Å². The van der Waals surface area contributed by atoms with E-state index in [1.54, 1.807) is 0 Å². The van der Waals surface area contributed by atoms with Crippen molar-refractivity contribution in [1.29, 1.82) is 10.8 Å². The van der Waals surface area contributed by atoms with Gasteiger partial charge in [-0.05, 0) is 12.8 Å². The molecule has 0 aromatic carbocycles. The third-order valence-corrected chi connectivity index (χ3v) is 1.86. The minimum atomic E-state index is 0.365. The standard InChI is InChI=1S/C7H12O.2CHNO/c1-6-4-2-3-5-7(6)8;2*2-1-3/h6H,2-5H2,1H3;2*2H. The number of hydrogen-bond acceptors (Lipinski definition) is 5. The van der Waals surface area contributed by atoms with Gasteiger partial charge in [0.15, 0.2) is 0 Å². The number of Topliss-reactive ketones (excluding diaryl/α,β-unsaturated/α-hetero) is 1. The minimum absolute atomic E-state index is 0.365. The Morgan fingerprint density at radius 2 is 1.64 bits per heavy atom. The summed E-state index contributed by atoms with van der Waals surface area (Å²) in [5.74, 6) is 0.833. The van der Waals surface area contributed by atoms with Crippen LogP contribution in [0.15, 0.2) is 0 Å². The molecule has 1 aliphatic rings. The van der Waals surface area contributed by atoms with Gasteiger partial charge in [0.1, 0.15) is 5.78 Å². The fourth-order valence-corrected chi connectivity index (χ4v) is 1.16. The molecule has 1 rings (SSSR count). The van der Waals surface area contributed by atoms with Crippen molar-refractivity contribution in [3.8, 4) is 0 Å². The maximum atomic E-state index is 10.8. The molecule has 0 aromatic heterocycles. The number of hydrogen-bond donors (Lipinski definition) is 2. The van der Waals surface area contributed by atoms with Gasteiger partial charge in [-0.2, -0.15) is 0 Å². The third kappa shape index (κ3) is 10.4. The monoisotopic (exact) mass is 198 g/mol. The van der Waals surface area contributed by atoms with Gasteiger partial charge >= 0.3 is 0 Å². The smallest absolute Gasteiger partial charge is 0.231 e. The molecular formula is C9H14N2O3. The predicted octanol–water partition coefficient (Wildman–Crippen LogP) is 1.57. The molecule has 14 heavy (non-hydrogen) atoms. The first kappa shape index (κ1) is 14.9. The SMILES string of the molecule is CC1CCCCC1=O.N=C=O.N=C=O. The van der Waals surface area contributed by atoms with Crippen molar-refractivity contribution in [2.24, 2.45) is 5.92 Å². The Hall–Kier alpha value is -1.57. The summed E-state index contributed by atoms with van der Waals surface area (Å²) in [6.45, 7) is 2.03. The highest BCUT2D eigenvalue weighted by molar-refractivity contribution is 5.81. The molecule has 1 atom stereocenters. The number of nitrogens with one attached hydrogen (secondary N) is 2. The molecule has 0 heterocycles. The van der Waals surface area contributed by atoms with E-state index in [1.807, 2.05) is 6.92 Å². The lowest BCUT2D eigenvalue weighted by Crippen LogP contribution is -2.14. The van der Waals surface area contributed by atoms with E-state index < -0.39 is 0 Å². The Kier molecular flexibility index (Phi) is 12.2. The van der Waals surface area contributed by atoms with Crippen LogP contribution in [0.25, 0.3) is 0 Å². The molecule has 5 heteroatoms. The van der Waals surface area contributed by atoms with Crippen molar-refractivity contribution in [2.45, 2.75) is 32.6 Å². The zero-order valence-electron chi connectivity index (χ0n) is 8.13. The summed E-state index contributed by atoms with van der Waals surface area (Å²) >= 11 is 0. The van der Waals surface area contributed by atoms with E-state index in [0.29, 0.717) is 11.7 Å². The fourth-order valence-electron chi connectivity index (χ4n) is 1.16. The first-order chi connectivity index (χ1) is 6.63. The number of isocyanates is 2. The van der Waals surface area contributed by atoms with E-state index >= 15 is 0 Å².